The Morgan fingerprint density at radius 1 is 1.07 bits per heavy atom. The first-order valence-corrected chi connectivity index (χ1v) is 10.1. The molecule has 1 aliphatic heterocycles. The quantitative estimate of drug-likeness (QED) is 0.639. The van der Waals surface area contributed by atoms with Gasteiger partial charge >= 0.3 is 0 Å². The van der Waals surface area contributed by atoms with Crippen LogP contribution in [0.3, 0.4) is 0 Å². The van der Waals surface area contributed by atoms with Crippen LogP contribution in [0.1, 0.15) is 34.7 Å². The fourth-order valence-electron chi connectivity index (χ4n) is 3.72. The van der Waals surface area contributed by atoms with Gasteiger partial charge in [-0.15, -0.1) is 0 Å². The van der Waals surface area contributed by atoms with E-state index in [0.29, 0.717) is 30.5 Å². The second-order valence-corrected chi connectivity index (χ2v) is 7.52. The number of rotatable bonds is 7. The summed E-state index contributed by atoms with van der Waals surface area (Å²) in [4.78, 5) is 14.6. The molecule has 0 bridgehead atoms. The molecule has 1 unspecified atom stereocenters. The molecule has 0 spiro atoms. The minimum absolute atomic E-state index is 0.238. The number of hydrogen-bond acceptors (Lipinski definition) is 5. The van der Waals surface area contributed by atoms with E-state index in [0.717, 1.165) is 37.3 Å². The van der Waals surface area contributed by atoms with Crippen molar-refractivity contribution in [1.29, 1.82) is 0 Å². The third kappa shape index (κ3) is 4.96. The van der Waals surface area contributed by atoms with Crippen LogP contribution in [0.2, 0.25) is 0 Å². The van der Waals surface area contributed by atoms with Crippen LogP contribution in [-0.4, -0.2) is 35.6 Å². The Bertz CT molecular complexity index is 931. The summed E-state index contributed by atoms with van der Waals surface area (Å²) < 4.78 is 11.6. The number of furan rings is 2. The van der Waals surface area contributed by atoms with E-state index >= 15 is 0 Å². The minimum atomic E-state index is -0.254. The van der Waals surface area contributed by atoms with Gasteiger partial charge in [-0.25, -0.2) is 0 Å². The third-order valence-corrected chi connectivity index (χ3v) is 5.27. The van der Waals surface area contributed by atoms with Gasteiger partial charge in [-0.05, 0) is 55.1 Å². The largest absolute Gasteiger partial charge is 0.456 e. The molecule has 0 radical (unpaired) electrons. The second-order valence-electron chi connectivity index (χ2n) is 7.52. The average Bonchev–Trinajstić information content (AvgIpc) is 3.43. The second kappa shape index (κ2) is 9.11. The third-order valence-electron chi connectivity index (χ3n) is 5.27. The Balaban J connectivity index is 1.35. The number of carbonyl (C=O) groups is 1. The number of carbonyl (C=O) groups excluding carboxylic acids is 1. The summed E-state index contributed by atoms with van der Waals surface area (Å²) in [5.74, 6) is 2.35. The number of aliphatic hydroxyl groups excluding tert-OH is 1. The van der Waals surface area contributed by atoms with Gasteiger partial charge in [0, 0.05) is 19.7 Å². The Labute approximate surface area is 170 Å². The fraction of sp³-hybridized carbons (Fsp3) is 0.348. The number of aliphatic hydroxyl groups is 1. The molecular formula is C23H26N2O4. The Morgan fingerprint density at radius 2 is 1.86 bits per heavy atom. The summed E-state index contributed by atoms with van der Waals surface area (Å²) >= 11 is 0. The molecule has 152 valence electrons. The van der Waals surface area contributed by atoms with Crippen LogP contribution in [0.4, 0.5) is 0 Å². The van der Waals surface area contributed by atoms with Crippen LogP contribution in [0.25, 0.3) is 11.5 Å². The molecule has 6 heteroatoms. The van der Waals surface area contributed by atoms with Crippen molar-refractivity contribution in [2.45, 2.75) is 25.9 Å². The number of nitrogens with zero attached hydrogens (tertiary/aromatic N) is 1. The summed E-state index contributed by atoms with van der Waals surface area (Å²) in [7, 11) is 0. The summed E-state index contributed by atoms with van der Waals surface area (Å²) in [6.07, 6.45) is 2.18. The molecule has 2 N–H and O–H groups in total. The lowest BCUT2D eigenvalue weighted by Crippen LogP contribution is -2.36. The summed E-state index contributed by atoms with van der Waals surface area (Å²) in [5, 5.41) is 12.2. The Kier molecular flexibility index (Phi) is 6.12. The van der Waals surface area contributed by atoms with Crippen LogP contribution in [-0.2, 0) is 13.1 Å². The average molecular weight is 394 g/mol. The summed E-state index contributed by atoms with van der Waals surface area (Å²) in [6, 6.07) is 17.0. The SMILES string of the molecule is O=C(NCc1ccccc1)c1ccc(-c2ccc(CN3CCCC(CO)C3)o2)o1. The van der Waals surface area contributed by atoms with E-state index in [1.54, 1.807) is 12.1 Å². The normalized spacial score (nSPS) is 17.3. The lowest BCUT2D eigenvalue weighted by molar-refractivity contribution is 0.0923. The van der Waals surface area contributed by atoms with Crippen molar-refractivity contribution in [2.24, 2.45) is 5.92 Å². The molecule has 2 aromatic heterocycles. The number of nitrogens with one attached hydrogen (secondary N) is 1. The topological polar surface area (TPSA) is 78.9 Å². The molecule has 29 heavy (non-hydrogen) atoms. The molecule has 1 amide bonds. The first-order valence-electron chi connectivity index (χ1n) is 10.1. The zero-order valence-corrected chi connectivity index (χ0v) is 16.3. The highest BCUT2D eigenvalue weighted by molar-refractivity contribution is 5.91. The van der Waals surface area contributed by atoms with Crippen molar-refractivity contribution in [1.82, 2.24) is 10.2 Å². The maximum atomic E-state index is 12.3. The van der Waals surface area contributed by atoms with E-state index < -0.39 is 0 Å². The van der Waals surface area contributed by atoms with Crippen LogP contribution < -0.4 is 5.32 Å². The van der Waals surface area contributed by atoms with Gasteiger partial charge in [-0.3, -0.25) is 9.69 Å². The van der Waals surface area contributed by atoms with Gasteiger partial charge in [0.15, 0.2) is 17.3 Å². The summed E-state index contributed by atoms with van der Waals surface area (Å²) in [6.45, 7) is 3.30. The summed E-state index contributed by atoms with van der Waals surface area (Å²) in [5.41, 5.74) is 1.03. The van der Waals surface area contributed by atoms with Crippen LogP contribution in [0.5, 0.6) is 0 Å². The first kappa shape index (κ1) is 19.5. The smallest absolute Gasteiger partial charge is 0.287 e. The van der Waals surface area contributed by atoms with Crippen LogP contribution >= 0.6 is 0 Å². The lowest BCUT2D eigenvalue weighted by Gasteiger charge is -2.30. The van der Waals surface area contributed by atoms with Crippen molar-refractivity contribution >= 4 is 5.91 Å². The molecule has 1 atom stereocenters. The molecule has 6 nitrogen and oxygen atoms in total. The van der Waals surface area contributed by atoms with Crippen molar-refractivity contribution < 1.29 is 18.7 Å². The van der Waals surface area contributed by atoms with E-state index in [4.69, 9.17) is 8.83 Å². The van der Waals surface area contributed by atoms with Crippen LogP contribution in [0, 0.1) is 5.92 Å². The van der Waals surface area contributed by atoms with Gasteiger partial charge in [0.1, 0.15) is 5.76 Å². The molecular weight excluding hydrogens is 368 g/mol. The molecule has 1 fully saturated rings. The van der Waals surface area contributed by atoms with E-state index in [9.17, 15) is 9.90 Å². The standard InChI is InChI=1S/C23H26N2O4/c26-16-18-7-4-12-25(14-18)15-19-8-9-20(28-19)21-10-11-22(29-21)23(27)24-13-17-5-2-1-3-6-17/h1-3,5-6,8-11,18,26H,4,7,12-16H2,(H,24,27). The lowest BCUT2D eigenvalue weighted by atomic mass is 9.99. The first-order chi connectivity index (χ1) is 14.2. The number of likely N-dealkylation sites (tertiary alicyclic amines) is 1. The zero-order valence-electron chi connectivity index (χ0n) is 16.3. The van der Waals surface area contributed by atoms with E-state index in [-0.39, 0.29) is 18.3 Å². The van der Waals surface area contributed by atoms with Gasteiger partial charge in [-0.2, -0.15) is 0 Å². The highest BCUT2D eigenvalue weighted by Gasteiger charge is 2.21. The minimum Gasteiger partial charge on any atom is -0.456 e. The number of piperidine rings is 1. The van der Waals surface area contributed by atoms with E-state index in [1.165, 1.54) is 0 Å². The monoisotopic (exact) mass is 394 g/mol. The highest BCUT2D eigenvalue weighted by Crippen LogP contribution is 2.26. The van der Waals surface area contributed by atoms with Gasteiger partial charge in [0.25, 0.3) is 5.91 Å². The van der Waals surface area contributed by atoms with Crippen molar-refractivity contribution in [3.63, 3.8) is 0 Å². The molecule has 1 aromatic carbocycles. The van der Waals surface area contributed by atoms with Crippen molar-refractivity contribution in [2.75, 3.05) is 19.7 Å². The van der Waals surface area contributed by atoms with E-state index in [1.807, 2.05) is 42.5 Å². The molecule has 4 rings (SSSR count). The fourth-order valence-corrected chi connectivity index (χ4v) is 3.72. The van der Waals surface area contributed by atoms with Gasteiger partial charge in [-0.1, -0.05) is 30.3 Å². The van der Waals surface area contributed by atoms with Gasteiger partial charge < -0.3 is 19.3 Å². The van der Waals surface area contributed by atoms with E-state index in [2.05, 4.69) is 10.2 Å². The van der Waals surface area contributed by atoms with Crippen molar-refractivity contribution in [3.05, 3.63) is 71.7 Å². The Morgan fingerprint density at radius 3 is 2.69 bits per heavy atom. The predicted octanol–water partition coefficient (Wildman–Crippen LogP) is 3.67. The molecule has 1 aliphatic rings. The maximum Gasteiger partial charge on any atom is 0.287 e. The molecule has 3 aromatic rings. The molecule has 1 saturated heterocycles. The molecule has 0 saturated carbocycles. The highest BCUT2D eigenvalue weighted by atomic mass is 16.4. The maximum absolute atomic E-state index is 12.3. The number of amides is 1. The molecule has 3 heterocycles. The predicted molar refractivity (Wildman–Crippen MR) is 109 cm³/mol. The molecule has 0 aliphatic carbocycles. The van der Waals surface area contributed by atoms with Gasteiger partial charge in [0.2, 0.25) is 0 Å². The Hall–Kier alpha value is -2.83. The van der Waals surface area contributed by atoms with Gasteiger partial charge in [0.05, 0.1) is 6.54 Å². The number of hydrogen-bond donors (Lipinski definition) is 2. The van der Waals surface area contributed by atoms with Crippen LogP contribution in [0.15, 0.2) is 63.4 Å². The zero-order chi connectivity index (χ0) is 20.1. The number of benzene rings is 1. The van der Waals surface area contributed by atoms with Crippen molar-refractivity contribution in [3.8, 4) is 11.5 Å².